The highest BCUT2D eigenvalue weighted by Crippen LogP contribution is 2.24. The van der Waals surface area contributed by atoms with Crippen molar-refractivity contribution in [2.75, 3.05) is 17.9 Å². The largest absolute Gasteiger partial charge is 0.497 e. The predicted molar refractivity (Wildman–Crippen MR) is 103 cm³/mol. The van der Waals surface area contributed by atoms with Crippen molar-refractivity contribution in [1.29, 1.82) is 0 Å². The van der Waals surface area contributed by atoms with Crippen LogP contribution in [-0.4, -0.2) is 16.8 Å². The molecule has 2 N–H and O–H groups in total. The molecule has 0 bridgehead atoms. The number of hydrogen-bond acceptors (Lipinski definition) is 6. The minimum Gasteiger partial charge on any atom is -0.497 e. The third-order valence-electron chi connectivity index (χ3n) is 4.28. The van der Waals surface area contributed by atoms with Crippen LogP contribution in [0.15, 0.2) is 59.4 Å². The van der Waals surface area contributed by atoms with Crippen LogP contribution in [0.3, 0.4) is 0 Å². The van der Waals surface area contributed by atoms with Crippen molar-refractivity contribution in [1.82, 2.24) is 9.66 Å². The number of ether oxygens (including phenoxy) is 2. The summed E-state index contributed by atoms with van der Waals surface area (Å²) in [6.07, 6.45) is -0.205. The Balaban J connectivity index is 1.51. The molecule has 7 nitrogen and oxygen atoms in total. The van der Waals surface area contributed by atoms with Crippen LogP contribution < -0.4 is 25.8 Å². The lowest BCUT2D eigenvalue weighted by atomic mass is 10.2. The van der Waals surface area contributed by atoms with Crippen molar-refractivity contribution < 1.29 is 9.47 Å². The molecule has 2 heterocycles. The van der Waals surface area contributed by atoms with E-state index in [1.807, 2.05) is 49.4 Å². The lowest BCUT2D eigenvalue weighted by Gasteiger charge is -2.10. The van der Waals surface area contributed by atoms with Gasteiger partial charge in [-0.1, -0.05) is 30.3 Å². The molecule has 0 aliphatic carbocycles. The quantitative estimate of drug-likeness (QED) is 0.725. The van der Waals surface area contributed by atoms with E-state index >= 15 is 0 Å². The Morgan fingerprint density at radius 3 is 2.67 bits per heavy atom. The monoisotopic (exact) mass is 364 g/mol. The summed E-state index contributed by atoms with van der Waals surface area (Å²) < 4.78 is 12.5. The van der Waals surface area contributed by atoms with Gasteiger partial charge in [-0.2, -0.15) is 4.68 Å². The first kappa shape index (κ1) is 17.0. The summed E-state index contributed by atoms with van der Waals surface area (Å²) in [4.78, 5) is 16.9. The van der Waals surface area contributed by atoms with Gasteiger partial charge in [0.15, 0.2) is 0 Å². The fourth-order valence-electron chi connectivity index (χ4n) is 2.99. The number of benzene rings is 2. The zero-order chi connectivity index (χ0) is 18.8. The van der Waals surface area contributed by atoms with Gasteiger partial charge in [0.1, 0.15) is 24.3 Å². The third-order valence-corrected chi connectivity index (χ3v) is 4.28. The van der Waals surface area contributed by atoms with Gasteiger partial charge in [-0.25, -0.2) is 4.98 Å². The average Bonchev–Trinajstić information content (AvgIpc) is 3.11. The number of rotatable bonds is 5. The van der Waals surface area contributed by atoms with E-state index in [1.54, 1.807) is 13.2 Å². The summed E-state index contributed by atoms with van der Waals surface area (Å²) in [5.74, 6) is 1.86. The smallest absolute Gasteiger partial charge is 0.273 e. The van der Waals surface area contributed by atoms with Crippen molar-refractivity contribution >= 4 is 5.95 Å². The number of hydrogen-bond donors (Lipinski definition) is 2. The zero-order valence-electron chi connectivity index (χ0n) is 15.1. The van der Waals surface area contributed by atoms with E-state index in [9.17, 15) is 4.79 Å². The lowest BCUT2D eigenvalue weighted by molar-refractivity contribution is 0.298. The van der Waals surface area contributed by atoms with Gasteiger partial charge in [-0.15, -0.1) is 0 Å². The molecule has 7 heteroatoms. The first-order chi connectivity index (χ1) is 13.1. The summed E-state index contributed by atoms with van der Waals surface area (Å²) in [7, 11) is 1.61. The van der Waals surface area contributed by atoms with E-state index < -0.39 is 0 Å². The van der Waals surface area contributed by atoms with E-state index in [2.05, 4.69) is 15.7 Å². The fourth-order valence-corrected chi connectivity index (χ4v) is 2.99. The summed E-state index contributed by atoms with van der Waals surface area (Å²) in [6, 6.07) is 16.9. The summed E-state index contributed by atoms with van der Waals surface area (Å²) in [5.41, 5.74) is 5.53. The molecule has 0 saturated carbocycles. The molecule has 27 heavy (non-hydrogen) atoms. The SMILES string of the molecule is COc1cc(C)cc(OCc2cc(=O)n3c(n2)NC(c2ccccc2)N3)c1. The van der Waals surface area contributed by atoms with Crippen molar-refractivity contribution in [3.05, 3.63) is 81.8 Å². The van der Waals surface area contributed by atoms with E-state index in [0.29, 0.717) is 17.4 Å². The van der Waals surface area contributed by atoms with Gasteiger partial charge in [-0.05, 0) is 30.2 Å². The standard InChI is InChI=1S/C20H20N4O3/c1-13-8-16(26-2)11-17(9-13)27-12-15-10-18(25)24-20(21-15)22-19(23-24)14-6-4-3-5-7-14/h3-11,19,23H,12H2,1-2H3,(H,21,22). The molecule has 2 aromatic carbocycles. The average molecular weight is 364 g/mol. The maximum Gasteiger partial charge on any atom is 0.273 e. The highest BCUT2D eigenvalue weighted by molar-refractivity contribution is 5.41. The second kappa shape index (κ2) is 7.03. The molecule has 1 atom stereocenters. The van der Waals surface area contributed by atoms with Crippen LogP contribution in [0.2, 0.25) is 0 Å². The van der Waals surface area contributed by atoms with Gasteiger partial charge in [-0.3, -0.25) is 10.2 Å². The Hall–Kier alpha value is -3.48. The number of methoxy groups -OCH3 is 1. The topological polar surface area (TPSA) is 77.4 Å². The Morgan fingerprint density at radius 1 is 1.11 bits per heavy atom. The van der Waals surface area contributed by atoms with Crippen LogP contribution in [0.4, 0.5) is 5.95 Å². The normalized spacial score (nSPS) is 14.8. The lowest BCUT2D eigenvalue weighted by Crippen LogP contribution is -2.26. The first-order valence-corrected chi connectivity index (χ1v) is 8.62. The van der Waals surface area contributed by atoms with E-state index in [1.165, 1.54) is 10.7 Å². The van der Waals surface area contributed by atoms with Crippen molar-refractivity contribution in [3.63, 3.8) is 0 Å². The predicted octanol–water partition coefficient (Wildman–Crippen LogP) is 2.81. The van der Waals surface area contributed by atoms with Crippen LogP contribution in [0.5, 0.6) is 11.5 Å². The van der Waals surface area contributed by atoms with Gasteiger partial charge in [0.25, 0.3) is 5.56 Å². The van der Waals surface area contributed by atoms with Gasteiger partial charge < -0.3 is 14.8 Å². The van der Waals surface area contributed by atoms with Gasteiger partial charge in [0.2, 0.25) is 5.95 Å². The van der Waals surface area contributed by atoms with Crippen LogP contribution in [0.25, 0.3) is 0 Å². The molecule has 0 radical (unpaired) electrons. The molecule has 1 unspecified atom stereocenters. The number of aromatic nitrogens is 2. The zero-order valence-corrected chi connectivity index (χ0v) is 15.1. The molecule has 0 fully saturated rings. The van der Waals surface area contributed by atoms with Crippen LogP contribution >= 0.6 is 0 Å². The summed E-state index contributed by atoms with van der Waals surface area (Å²) >= 11 is 0. The number of nitrogens with zero attached hydrogens (tertiary/aromatic N) is 2. The Kier molecular flexibility index (Phi) is 4.42. The molecule has 0 amide bonds. The molecule has 0 saturated heterocycles. The van der Waals surface area contributed by atoms with E-state index in [4.69, 9.17) is 9.47 Å². The molecular weight excluding hydrogens is 344 g/mol. The minimum absolute atomic E-state index is 0.188. The van der Waals surface area contributed by atoms with Gasteiger partial charge in [0.05, 0.1) is 12.8 Å². The van der Waals surface area contributed by atoms with Crippen molar-refractivity contribution in [3.8, 4) is 11.5 Å². The number of fused-ring (bicyclic) bond motifs is 1. The van der Waals surface area contributed by atoms with Crippen LogP contribution in [0, 0.1) is 6.92 Å². The summed E-state index contributed by atoms with van der Waals surface area (Å²) in [5, 5.41) is 3.22. The van der Waals surface area contributed by atoms with Crippen molar-refractivity contribution in [2.24, 2.45) is 0 Å². The van der Waals surface area contributed by atoms with Crippen LogP contribution in [0.1, 0.15) is 23.0 Å². The van der Waals surface area contributed by atoms with Gasteiger partial charge in [0, 0.05) is 12.1 Å². The molecule has 0 spiro atoms. The first-order valence-electron chi connectivity index (χ1n) is 8.62. The molecule has 3 aromatic rings. The second-order valence-corrected chi connectivity index (χ2v) is 6.34. The number of nitrogens with one attached hydrogen (secondary N) is 2. The molecule has 1 aliphatic rings. The molecule has 1 aromatic heterocycles. The van der Waals surface area contributed by atoms with Gasteiger partial charge >= 0.3 is 0 Å². The molecular formula is C20H20N4O3. The van der Waals surface area contributed by atoms with Crippen molar-refractivity contribution in [2.45, 2.75) is 19.7 Å². The Labute approximate surface area is 156 Å². The summed E-state index contributed by atoms with van der Waals surface area (Å²) in [6.45, 7) is 2.15. The highest BCUT2D eigenvalue weighted by Gasteiger charge is 2.23. The Bertz CT molecular complexity index is 1020. The number of anilines is 1. The third kappa shape index (κ3) is 3.57. The molecule has 1 aliphatic heterocycles. The number of aryl methyl sites for hydroxylation is 1. The maximum atomic E-state index is 12.4. The molecule has 4 rings (SSSR count). The van der Waals surface area contributed by atoms with Crippen LogP contribution in [-0.2, 0) is 6.61 Å². The fraction of sp³-hybridized carbons (Fsp3) is 0.200. The highest BCUT2D eigenvalue weighted by atomic mass is 16.5. The Morgan fingerprint density at radius 2 is 1.89 bits per heavy atom. The maximum absolute atomic E-state index is 12.4. The van der Waals surface area contributed by atoms with E-state index in [-0.39, 0.29) is 18.3 Å². The minimum atomic E-state index is -0.205. The second-order valence-electron chi connectivity index (χ2n) is 6.34. The van der Waals surface area contributed by atoms with E-state index in [0.717, 1.165) is 16.9 Å². The molecule has 138 valence electrons.